The minimum atomic E-state index is -0.448. The Bertz CT molecular complexity index is 557. The molecule has 0 unspecified atom stereocenters. The predicted octanol–water partition coefficient (Wildman–Crippen LogP) is 3.99. The van der Waals surface area contributed by atoms with Crippen molar-refractivity contribution < 1.29 is 9.18 Å². The highest BCUT2D eigenvalue weighted by atomic mass is 32.1. The molecule has 2 rings (SSSR count). The molecule has 0 saturated heterocycles. The molecule has 0 atom stereocenters. The summed E-state index contributed by atoms with van der Waals surface area (Å²) in [5.41, 5.74) is 2.05. The number of benzene rings is 1. The molecule has 1 aromatic heterocycles. The Kier molecular flexibility index (Phi) is 3.38. The van der Waals surface area contributed by atoms with Gasteiger partial charge in [-0.3, -0.25) is 4.79 Å². The highest BCUT2D eigenvalue weighted by molar-refractivity contribution is 7.12. The summed E-state index contributed by atoms with van der Waals surface area (Å²) in [6, 6.07) is 6.55. The van der Waals surface area contributed by atoms with Crippen LogP contribution in [0.4, 0.5) is 4.39 Å². The maximum atomic E-state index is 13.6. The lowest BCUT2D eigenvalue weighted by Crippen LogP contribution is -2.05. The van der Waals surface area contributed by atoms with Gasteiger partial charge in [-0.1, -0.05) is 18.6 Å². The fourth-order valence-electron chi connectivity index (χ4n) is 1.75. The summed E-state index contributed by atoms with van der Waals surface area (Å²) in [7, 11) is 0. The molecule has 1 nitrogen and oxygen atoms in total. The van der Waals surface area contributed by atoms with Crippen molar-refractivity contribution in [3.05, 3.63) is 57.0 Å². The number of carbonyl (C=O) groups is 1. The van der Waals surface area contributed by atoms with Crippen molar-refractivity contribution in [2.75, 3.05) is 0 Å². The van der Waals surface area contributed by atoms with Crippen LogP contribution in [0, 0.1) is 12.7 Å². The zero-order valence-corrected chi connectivity index (χ0v) is 10.6. The standard InChI is InChI=1S/C14H13FOS/c1-3-10-6-7-17-14(10)13(16)11-8-9(2)4-5-12(11)15/h4-8H,3H2,1-2H3. The van der Waals surface area contributed by atoms with E-state index in [4.69, 9.17) is 0 Å². The van der Waals surface area contributed by atoms with Crippen LogP contribution in [0.5, 0.6) is 0 Å². The van der Waals surface area contributed by atoms with Gasteiger partial charge < -0.3 is 0 Å². The second-order valence-electron chi connectivity index (χ2n) is 3.94. The monoisotopic (exact) mass is 248 g/mol. The van der Waals surface area contributed by atoms with Crippen LogP contribution in [0.2, 0.25) is 0 Å². The second-order valence-corrected chi connectivity index (χ2v) is 4.86. The molecule has 1 heterocycles. The molecule has 0 aliphatic carbocycles. The summed E-state index contributed by atoms with van der Waals surface area (Å²) in [4.78, 5) is 12.9. The molecule has 88 valence electrons. The summed E-state index contributed by atoms with van der Waals surface area (Å²) in [5, 5.41) is 1.87. The highest BCUT2D eigenvalue weighted by Gasteiger charge is 2.17. The number of hydrogen-bond donors (Lipinski definition) is 0. The third kappa shape index (κ3) is 2.29. The molecule has 0 saturated carbocycles. The molecule has 0 radical (unpaired) electrons. The van der Waals surface area contributed by atoms with Gasteiger partial charge in [-0.15, -0.1) is 11.3 Å². The van der Waals surface area contributed by atoms with Crippen molar-refractivity contribution in [3.8, 4) is 0 Å². The van der Waals surface area contributed by atoms with Crippen molar-refractivity contribution in [1.82, 2.24) is 0 Å². The van der Waals surface area contributed by atoms with Crippen LogP contribution >= 0.6 is 11.3 Å². The fraction of sp³-hybridized carbons (Fsp3) is 0.214. The SMILES string of the molecule is CCc1ccsc1C(=O)c1cc(C)ccc1F. The average molecular weight is 248 g/mol. The minimum Gasteiger partial charge on any atom is -0.288 e. The molecule has 1 aromatic carbocycles. The summed E-state index contributed by atoms with van der Waals surface area (Å²) >= 11 is 1.38. The summed E-state index contributed by atoms with van der Waals surface area (Å²) < 4.78 is 13.6. The van der Waals surface area contributed by atoms with Gasteiger partial charge in [0.1, 0.15) is 5.82 Å². The topological polar surface area (TPSA) is 17.1 Å². The van der Waals surface area contributed by atoms with Gasteiger partial charge in [0.15, 0.2) is 0 Å². The maximum Gasteiger partial charge on any atom is 0.206 e. The van der Waals surface area contributed by atoms with E-state index in [0.29, 0.717) is 4.88 Å². The van der Waals surface area contributed by atoms with E-state index in [-0.39, 0.29) is 11.3 Å². The Labute approximate surface area is 104 Å². The van der Waals surface area contributed by atoms with Gasteiger partial charge in [0.25, 0.3) is 0 Å². The van der Waals surface area contributed by atoms with E-state index in [9.17, 15) is 9.18 Å². The molecule has 0 aliphatic heterocycles. The lowest BCUT2D eigenvalue weighted by molar-refractivity contribution is 0.103. The number of halogens is 1. The van der Waals surface area contributed by atoms with Gasteiger partial charge in [0, 0.05) is 0 Å². The van der Waals surface area contributed by atoms with Crippen LogP contribution in [0.25, 0.3) is 0 Å². The minimum absolute atomic E-state index is 0.169. The van der Waals surface area contributed by atoms with Gasteiger partial charge in [0.2, 0.25) is 5.78 Å². The van der Waals surface area contributed by atoms with E-state index in [2.05, 4.69) is 0 Å². The second kappa shape index (κ2) is 4.80. The van der Waals surface area contributed by atoms with Crippen LogP contribution in [0.1, 0.15) is 33.3 Å². The zero-order valence-electron chi connectivity index (χ0n) is 9.79. The number of rotatable bonds is 3. The van der Waals surface area contributed by atoms with Crippen LogP contribution < -0.4 is 0 Å². The number of carbonyl (C=O) groups excluding carboxylic acids is 1. The quantitative estimate of drug-likeness (QED) is 0.751. The first-order valence-corrected chi connectivity index (χ1v) is 6.38. The van der Waals surface area contributed by atoms with Gasteiger partial charge in [0.05, 0.1) is 10.4 Å². The first-order valence-electron chi connectivity index (χ1n) is 5.50. The number of hydrogen-bond acceptors (Lipinski definition) is 2. The Hall–Kier alpha value is -1.48. The Morgan fingerprint density at radius 2 is 2.12 bits per heavy atom. The van der Waals surface area contributed by atoms with Crippen LogP contribution in [-0.4, -0.2) is 5.78 Å². The van der Waals surface area contributed by atoms with Crippen LogP contribution in [0.15, 0.2) is 29.6 Å². The third-order valence-corrected chi connectivity index (χ3v) is 3.66. The molecular formula is C14H13FOS. The third-order valence-electron chi connectivity index (χ3n) is 2.70. The molecule has 0 N–H and O–H groups in total. The van der Waals surface area contributed by atoms with E-state index in [1.807, 2.05) is 25.3 Å². The molecule has 3 heteroatoms. The van der Waals surface area contributed by atoms with Gasteiger partial charge in [-0.25, -0.2) is 4.39 Å². The van der Waals surface area contributed by atoms with Gasteiger partial charge in [-0.2, -0.15) is 0 Å². The van der Waals surface area contributed by atoms with E-state index in [0.717, 1.165) is 17.5 Å². The average Bonchev–Trinajstić information content (AvgIpc) is 2.79. The van der Waals surface area contributed by atoms with E-state index < -0.39 is 5.82 Å². The molecule has 0 spiro atoms. The van der Waals surface area contributed by atoms with Gasteiger partial charge >= 0.3 is 0 Å². The first-order chi connectivity index (χ1) is 8.13. The summed E-state index contributed by atoms with van der Waals surface area (Å²) in [5.74, 6) is -0.658. The molecule has 17 heavy (non-hydrogen) atoms. The van der Waals surface area contributed by atoms with Crippen molar-refractivity contribution >= 4 is 17.1 Å². The Morgan fingerprint density at radius 1 is 1.35 bits per heavy atom. The van der Waals surface area contributed by atoms with E-state index >= 15 is 0 Å². The van der Waals surface area contributed by atoms with Crippen LogP contribution in [-0.2, 0) is 6.42 Å². The van der Waals surface area contributed by atoms with Crippen LogP contribution in [0.3, 0.4) is 0 Å². The number of ketones is 1. The number of aryl methyl sites for hydroxylation is 2. The van der Waals surface area contributed by atoms with Crippen molar-refractivity contribution in [1.29, 1.82) is 0 Å². The largest absolute Gasteiger partial charge is 0.288 e. The Morgan fingerprint density at radius 3 is 2.82 bits per heavy atom. The zero-order chi connectivity index (χ0) is 12.4. The molecule has 0 aliphatic rings. The Balaban J connectivity index is 2.47. The number of thiophene rings is 1. The lowest BCUT2D eigenvalue weighted by atomic mass is 10.0. The van der Waals surface area contributed by atoms with E-state index in [1.54, 1.807) is 12.1 Å². The van der Waals surface area contributed by atoms with Crippen molar-refractivity contribution in [2.45, 2.75) is 20.3 Å². The first kappa shape index (κ1) is 12.0. The van der Waals surface area contributed by atoms with E-state index in [1.165, 1.54) is 17.4 Å². The van der Waals surface area contributed by atoms with Crippen molar-refractivity contribution in [2.24, 2.45) is 0 Å². The molecule has 2 aromatic rings. The van der Waals surface area contributed by atoms with Crippen molar-refractivity contribution in [3.63, 3.8) is 0 Å². The highest BCUT2D eigenvalue weighted by Crippen LogP contribution is 2.23. The maximum absolute atomic E-state index is 13.6. The summed E-state index contributed by atoms with van der Waals surface area (Å²) in [6.07, 6.45) is 0.790. The molecule has 0 bridgehead atoms. The summed E-state index contributed by atoms with van der Waals surface area (Å²) in [6.45, 7) is 3.84. The predicted molar refractivity (Wildman–Crippen MR) is 68.3 cm³/mol. The molecule has 0 fully saturated rings. The normalized spacial score (nSPS) is 10.5. The molecular weight excluding hydrogens is 235 g/mol. The molecule has 0 amide bonds. The van der Waals surface area contributed by atoms with Gasteiger partial charge in [-0.05, 0) is 42.5 Å². The lowest BCUT2D eigenvalue weighted by Gasteiger charge is -2.04. The smallest absolute Gasteiger partial charge is 0.206 e. The fourth-order valence-corrected chi connectivity index (χ4v) is 2.70.